The molecule has 0 aliphatic carbocycles. The average Bonchev–Trinajstić information content (AvgIpc) is 1.61. The van der Waals surface area contributed by atoms with Crippen molar-refractivity contribution in [3.8, 4) is 0 Å². The molecule has 0 aromatic heterocycles. The number of rotatable bonds is 2. The molecular weight excluding hydrogens is 163 g/mol. The third-order valence-electron chi connectivity index (χ3n) is 0.311. The van der Waals surface area contributed by atoms with Gasteiger partial charge in [0, 0.05) is 0 Å². The molecule has 0 heterocycles. The zero-order valence-corrected chi connectivity index (χ0v) is 4.99. The molecule has 35 valence electrons. The number of hydrogen-bond acceptors (Lipinski definition) is 0. The molecule has 6 heavy (non-hydrogen) atoms. The van der Waals surface area contributed by atoms with Crippen molar-refractivity contribution in [3.05, 3.63) is 24.8 Å². The third-order valence-corrected chi connectivity index (χ3v) is 0.627. The Morgan fingerprint density at radius 3 is 2.17 bits per heavy atom. The molecule has 0 amide bonds. The van der Waals surface area contributed by atoms with E-state index in [4.69, 9.17) is 0 Å². The fourth-order valence-electron chi connectivity index (χ4n) is 0.116. The van der Waals surface area contributed by atoms with Crippen LogP contribution in [0.4, 0.5) is 0 Å². The van der Waals surface area contributed by atoms with Crippen molar-refractivity contribution < 1.29 is 17.9 Å². The van der Waals surface area contributed by atoms with Crippen molar-refractivity contribution in [3.63, 3.8) is 0 Å². The summed E-state index contributed by atoms with van der Waals surface area (Å²) in [5.41, 5.74) is 0. The van der Waals surface area contributed by atoms with E-state index in [2.05, 4.69) is 24.4 Å². The first-order valence-electron chi connectivity index (χ1n) is 1.60. The minimum atomic E-state index is 1.73. The molecule has 0 aromatic carbocycles. The molecule has 0 fully saturated rings. The number of hydrogen-bond donors (Lipinski definition) is 0. The fraction of sp³-hybridized carbons (Fsp3) is 0. The summed E-state index contributed by atoms with van der Waals surface area (Å²) in [6.07, 6.45) is 5.48. The van der Waals surface area contributed by atoms with Crippen molar-refractivity contribution in [2.24, 2.45) is 0 Å². The molecule has 0 saturated carbocycles. The van der Waals surface area contributed by atoms with Crippen LogP contribution < -0.4 is 0 Å². The first-order chi connectivity index (χ1) is 2.91. The van der Waals surface area contributed by atoms with Crippen LogP contribution in [0.1, 0.15) is 0 Å². The Morgan fingerprint density at radius 1 is 1.33 bits per heavy atom. The van der Waals surface area contributed by atoms with Crippen molar-refractivity contribution >= 4 is 4.61 Å². The molecule has 0 aromatic rings. The van der Waals surface area contributed by atoms with Gasteiger partial charge in [-0.05, 0) is 0 Å². The van der Waals surface area contributed by atoms with E-state index >= 15 is 0 Å². The van der Waals surface area contributed by atoms with Gasteiger partial charge in [0.15, 0.2) is 0 Å². The second-order valence-corrected chi connectivity index (χ2v) is 1.28. The molecule has 0 nitrogen and oxygen atoms in total. The van der Waals surface area contributed by atoms with Crippen LogP contribution in [0.15, 0.2) is 24.8 Å². The van der Waals surface area contributed by atoms with Crippen LogP contribution in [0.25, 0.3) is 0 Å². The van der Waals surface area contributed by atoms with Crippen LogP contribution in [-0.4, -0.2) is 4.61 Å². The molecule has 0 spiro atoms. The first kappa shape index (κ1) is 5.97. The Hall–Kier alpha value is -0.0266. The van der Waals surface area contributed by atoms with E-state index < -0.39 is 0 Å². The van der Waals surface area contributed by atoms with Gasteiger partial charge in [0.05, 0.1) is 0 Å². The van der Waals surface area contributed by atoms with Crippen LogP contribution in [-0.2, 0) is 17.9 Å². The Labute approximate surface area is 47.8 Å². The van der Waals surface area contributed by atoms with Gasteiger partial charge in [-0.15, -0.1) is 0 Å². The molecular formula is C5H6Rh. The monoisotopic (exact) mass is 169 g/mol. The summed E-state index contributed by atoms with van der Waals surface area (Å²) in [6, 6.07) is 0. The van der Waals surface area contributed by atoms with E-state index in [0.29, 0.717) is 0 Å². The molecule has 0 atom stereocenters. The van der Waals surface area contributed by atoms with Crippen molar-refractivity contribution in [1.29, 1.82) is 0 Å². The van der Waals surface area contributed by atoms with Gasteiger partial charge in [0.1, 0.15) is 0 Å². The van der Waals surface area contributed by atoms with Gasteiger partial charge in [-0.1, -0.05) is 0 Å². The van der Waals surface area contributed by atoms with Crippen LogP contribution >= 0.6 is 0 Å². The van der Waals surface area contributed by atoms with Gasteiger partial charge in [-0.3, -0.25) is 0 Å². The van der Waals surface area contributed by atoms with Gasteiger partial charge in [-0.25, -0.2) is 0 Å². The van der Waals surface area contributed by atoms with Gasteiger partial charge < -0.3 is 0 Å². The minimum absolute atomic E-state index is 1.73. The summed E-state index contributed by atoms with van der Waals surface area (Å²) in [4.78, 5) is 0. The van der Waals surface area contributed by atoms with E-state index in [1.165, 1.54) is 0 Å². The predicted molar refractivity (Wildman–Crippen MR) is 25.4 cm³/mol. The zero-order valence-electron chi connectivity index (χ0n) is 3.35. The predicted octanol–water partition coefficient (Wildman–Crippen LogP) is 1.08. The molecule has 0 radical (unpaired) electrons. The van der Waals surface area contributed by atoms with E-state index in [0.717, 1.165) is 0 Å². The first-order valence-corrected chi connectivity index (χ1v) is 2.55. The Balaban J connectivity index is 3.17. The topological polar surface area (TPSA) is 0 Å². The van der Waals surface area contributed by atoms with Crippen molar-refractivity contribution in [2.75, 3.05) is 0 Å². The third kappa shape index (κ3) is 3.97. The van der Waals surface area contributed by atoms with Crippen molar-refractivity contribution in [1.82, 2.24) is 0 Å². The van der Waals surface area contributed by atoms with Gasteiger partial charge in [0.25, 0.3) is 0 Å². The van der Waals surface area contributed by atoms with E-state index in [9.17, 15) is 0 Å². The summed E-state index contributed by atoms with van der Waals surface area (Å²) in [6.45, 7) is 3.48. The molecule has 0 saturated heterocycles. The van der Waals surface area contributed by atoms with Crippen molar-refractivity contribution in [2.45, 2.75) is 0 Å². The Morgan fingerprint density at radius 2 is 2.00 bits per heavy atom. The van der Waals surface area contributed by atoms with Gasteiger partial charge >= 0.3 is 47.3 Å². The Kier molecular flexibility index (Phi) is 4.95. The zero-order chi connectivity index (χ0) is 4.83. The fourth-order valence-corrected chi connectivity index (χ4v) is 0.298. The van der Waals surface area contributed by atoms with E-state index in [1.807, 2.05) is 16.8 Å². The van der Waals surface area contributed by atoms with E-state index in [1.54, 1.807) is 6.08 Å². The molecule has 0 bridgehead atoms. The van der Waals surface area contributed by atoms with Crippen LogP contribution in [0, 0.1) is 0 Å². The van der Waals surface area contributed by atoms with Crippen LogP contribution in [0.2, 0.25) is 0 Å². The molecule has 0 rings (SSSR count). The maximum atomic E-state index is 3.48. The van der Waals surface area contributed by atoms with Crippen LogP contribution in [0.3, 0.4) is 0 Å². The summed E-state index contributed by atoms with van der Waals surface area (Å²) in [5, 5.41) is 0. The molecule has 0 aliphatic rings. The maximum absolute atomic E-state index is 3.48. The van der Waals surface area contributed by atoms with Crippen LogP contribution in [0.5, 0.6) is 0 Å². The van der Waals surface area contributed by atoms with E-state index in [-0.39, 0.29) is 0 Å². The normalized spacial score (nSPS) is 8.83. The second-order valence-electron chi connectivity index (χ2n) is 0.732. The summed E-state index contributed by atoms with van der Waals surface area (Å²) >= 11 is 2.63. The quantitative estimate of drug-likeness (QED) is 0.428. The van der Waals surface area contributed by atoms with Gasteiger partial charge in [0.2, 0.25) is 0 Å². The number of allylic oxidation sites excluding steroid dienone is 3. The molecule has 0 aliphatic heterocycles. The molecule has 0 N–H and O–H groups in total. The standard InChI is InChI=1S/C5H6.Rh/c1-3-5-4-2;/h1,3-5H,2H2;/b5-3-;. The average molecular weight is 169 g/mol. The Bertz CT molecular complexity index is 62.0. The summed E-state index contributed by atoms with van der Waals surface area (Å²) in [5.74, 6) is 0. The second kappa shape index (κ2) is 4.97. The molecule has 1 heteroatoms. The summed E-state index contributed by atoms with van der Waals surface area (Å²) < 4.78 is 1.85. The van der Waals surface area contributed by atoms with Gasteiger partial charge in [-0.2, -0.15) is 0 Å². The summed E-state index contributed by atoms with van der Waals surface area (Å²) in [7, 11) is 0. The molecule has 0 unspecified atom stereocenters. The SMILES string of the molecule is C=C/C=C\[CH]=[Rh].